The van der Waals surface area contributed by atoms with E-state index in [0.717, 1.165) is 23.4 Å². The second-order valence-electron chi connectivity index (χ2n) is 3.00. The summed E-state index contributed by atoms with van der Waals surface area (Å²) in [5, 5.41) is 13.4. The lowest BCUT2D eigenvalue weighted by Gasteiger charge is -1.97. The quantitative estimate of drug-likeness (QED) is 0.526. The molecule has 0 aromatic heterocycles. The second kappa shape index (κ2) is 2.58. The molecule has 66 valence electrons. The molecule has 0 fully saturated rings. The Morgan fingerprint density at radius 3 is 3.00 bits per heavy atom. The van der Waals surface area contributed by atoms with Crippen molar-refractivity contribution in [2.24, 2.45) is 0 Å². The molecule has 0 saturated carbocycles. The Kier molecular flexibility index (Phi) is 1.55. The van der Waals surface area contributed by atoms with Crippen molar-refractivity contribution in [2.45, 2.75) is 6.42 Å². The highest BCUT2D eigenvalue weighted by Gasteiger charge is 2.16. The molecule has 4 heteroatoms. The van der Waals surface area contributed by atoms with E-state index in [-0.39, 0.29) is 5.69 Å². The lowest BCUT2D eigenvalue weighted by Crippen LogP contribution is -1.90. The van der Waals surface area contributed by atoms with Crippen LogP contribution in [0.2, 0.25) is 0 Å². The molecule has 1 N–H and O–H groups in total. The monoisotopic (exact) mass is 176 g/mol. The maximum Gasteiger partial charge on any atom is 0.271 e. The molecule has 0 spiro atoms. The highest BCUT2D eigenvalue weighted by molar-refractivity contribution is 5.65. The minimum Gasteiger partial charge on any atom is -0.359 e. The van der Waals surface area contributed by atoms with E-state index in [9.17, 15) is 10.1 Å². The highest BCUT2D eigenvalue weighted by atomic mass is 16.6. The first-order valence-corrected chi connectivity index (χ1v) is 3.89. The van der Waals surface area contributed by atoms with Gasteiger partial charge in [-0.2, -0.15) is 0 Å². The van der Waals surface area contributed by atoms with Gasteiger partial charge in [0.2, 0.25) is 0 Å². The van der Waals surface area contributed by atoms with Crippen molar-refractivity contribution in [3.8, 4) is 0 Å². The van der Waals surface area contributed by atoms with Gasteiger partial charge in [0.15, 0.2) is 0 Å². The molecule has 13 heavy (non-hydrogen) atoms. The summed E-state index contributed by atoms with van der Waals surface area (Å²) in [4.78, 5) is 10.0. The number of hydrogen-bond donors (Lipinski definition) is 1. The fraction of sp³-hybridized carbons (Fsp3) is 0.111. The first-order chi connectivity index (χ1) is 6.16. The van der Waals surface area contributed by atoms with Gasteiger partial charge in [-0.15, -0.1) is 0 Å². The zero-order chi connectivity index (χ0) is 9.42. The zero-order valence-electron chi connectivity index (χ0n) is 6.91. The number of nitrogens with zero attached hydrogens (tertiary/aromatic N) is 1. The number of anilines is 1. The summed E-state index contributed by atoms with van der Waals surface area (Å²) in [5.74, 6) is 0. The van der Waals surface area contributed by atoms with Crippen molar-refractivity contribution in [1.82, 2.24) is 0 Å². The van der Waals surface area contributed by atoms with Crippen LogP contribution in [0.4, 0.5) is 11.4 Å². The molecule has 1 aliphatic heterocycles. The number of nitro groups is 1. The fourth-order valence-corrected chi connectivity index (χ4v) is 1.41. The molecular formula is C9H8N2O2. The van der Waals surface area contributed by atoms with E-state index >= 15 is 0 Å². The second-order valence-corrected chi connectivity index (χ2v) is 3.00. The van der Waals surface area contributed by atoms with Crippen LogP contribution in [0.5, 0.6) is 0 Å². The van der Waals surface area contributed by atoms with Crippen molar-refractivity contribution >= 4 is 11.4 Å². The number of rotatable bonds is 1. The summed E-state index contributed by atoms with van der Waals surface area (Å²) in [7, 11) is 0. The molecule has 0 amide bonds. The summed E-state index contributed by atoms with van der Waals surface area (Å²) in [6.07, 6.45) is 0.757. The fourth-order valence-electron chi connectivity index (χ4n) is 1.41. The van der Waals surface area contributed by atoms with E-state index < -0.39 is 4.92 Å². The van der Waals surface area contributed by atoms with Crippen LogP contribution < -0.4 is 5.32 Å². The Labute approximate surface area is 75.0 Å². The van der Waals surface area contributed by atoms with Crippen LogP contribution in [0.15, 0.2) is 30.5 Å². The summed E-state index contributed by atoms with van der Waals surface area (Å²) in [5.41, 5.74) is 2.87. The van der Waals surface area contributed by atoms with Crippen molar-refractivity contribution < 1.29 is 4.92 Å². The van der Waals surface area contributed by atoms with Crippen molar-refractivity contribution in [2.75, 3.05) is 5.32 Å². The third-order valence-corrected chi connectivity index (χ3v) is 2.02. The minimum atomic E-state index is -0.400. The van der Waals surface area contributed by atoms with Gasteiger partial charge in [-0.25, -0.2) is 0 Å². The molecule has 0 atom stereocenters. The first-order valence-electron chi connectivity index (χ1n) is 3.89. The number of nitrogens with one attached hydrogen (secondary N) is 1. The molecule has 0 bridgehead atoms. The Hall–Kier alpha value is -1.84. The molecule has 2 rings (SSSR count). The lowest BCUT2D eigenvalue weighted by atomic mass is 10.1. The van der Waals surface area contributed by atoms with Gasteiger partial charge in [0.1, 0.15) is 0 Å². The molecule has 4 nitrogen and oxygen atoms in total. The SMILES string of the molecule is C=C1Cc2ccc([N+](=O)[O-])cc2N1. The van der Waals surface area contributed by atoms with Crippen LogP contribution in [0.3, 0.4) is 0 Å². The largest absolute Gasteiger partial charge is 0.359 e. The van der Waals surface area contributed by atoms with Crippen LogP contribution in [0.25, 0.3) is 0 Å². The van der Waals surface area contributed by atoms with E-state index in [2.05, 4.69) is 11.9 Å². The van der Waals surface area contributed by atoms with Crippen LogP contribution in [0.1, 0.15) is 5.56 Å². The molecule has 0 aliphatic carbocycles. The maximum atomic E-state index is 10.4. The molecule has 1 aromatic carbocycles. The molecule has 1 heterocycles. The van der Waals surface area contributed by atoms with Gasteiger partial charge in [0, 0.05) is 29.9 Å². The van der Waals surface area contributed by atoms with Gasteiger partial charge in [0.25, 0.3) is 5.69 Å². The standard InChI is InChI=1S/C9H8N2O2/c1-6-4-7-2-3-8(11(12)13)5-9(7)10-6/h2-3,5,10H,1,4H2. The van der Waals surface area contributed by atoms with Crippen molar-refractivity contribution in [1.29, 1.82) is 0 Å². The maximum absolute atomic E-state index is 10.4. The van der Waals surface area contributed by atoms with E-state index in [1.165, 1.54) is 12.1 Å². The zero-order valence-corrected chi connectivity index (χ0v) is 6.91. The average molecular weight is 176 g/mol. The van der Waals surface area contributed by atoms with E-state index in [1.54, 1.807) is 6.07 Å². The van der Waals surface area contributed by atoms with E-state index in [1.807, 2.05) is 0 Å². The Bertz CT molecular complexity index is 399. The smallest absolute Gasteiger partial charge is 0.271 e. The van der Waals surface area contributed by atoms with Crippen molar-refractivity contribution in [3.05, 3.63) is 46.2 Å². The van der Waals surface area contributed by atoms with Crippen molar-refractivity contribution in [3.63, 3.8) is 0 Å². The van der Waals surface area contributed by atoms with Crippen LogP contribution in [-0.4, -0.2) is 4.92 Å². The molecule has 0 radical (unpaired) electrons. The number of benzene rings is 1. The number of hydrogen-bond acceptors (Lipinski definition) is 3. The molecule has 0 saturated heterocycles. The molecule has 0 unspecified atom stereocenters. The Morgan fingerprint density at radius 2 is 2.31 bits per heavy atom. The topological polar surface area (TPSA) is 55.2 Å². The van der Waals surface area contributed by atoms with Crippen LogP contribution in [0, 0.1) is 10.1 Å². The third kappa shape index (κ3) is 1.26. The highest BCUT2D eigenvalue weighted by Crippen LogP contribution is 2.30. The minimum absolute atomic E-state index is 0.112. The summed E-state index contributed by atoms with van der Waals surface area (Å²) in [6, 6.07) is 4.81. The van der Waals surface area contributed by atoms with Gasteiger partial charge in [-0.05, 0) is 11.6 Å². The number of nitro benzene ring substituents is 1. The van der Waals surface area contributed by atoms with Crippen LogP contribution in [-0.2, 0) is 6.42 Å². The Morgan fingerprint density at radius 1 is 1.54 bits per heavy atom. The van der Waals surface area contributed by atoms with E-state index in [0.29, 0.717) is 0 Å². The van der Waals surface area contributed by atoms with Gasteiger partial charge in [0.05, 0.1) is 4.92 Å². The van der Waals surface area contributed by atoms with Gasteiger partial charge in [-0.3, -0.25) is 10.1 Å². The van der Waals surface area contributed by atoms with E-state index in [4.69, 9.17) is 0 Å². The van der Waals surface area contributed by atoms with Crippen LogP contribution >= 0.6 is 0 Å². The first kappa shape index (κ1) is 7.79. The third-order valence-electron chi connectivity index (χ3n) is 2.02. The summed E-state index contributed by atoms with van der Waals surface area (Å²) in [6.45, 7) is 3.76. The molecule has 1 aliphatic rings. The predicted octanol–water partition coefficient (Wildman–Crippen LogP) is 2.08. The number of fused-ring (bicyclic) bond motifs is 1. The lowest BCUT2D eigenvalue weighted by molar-refractivity contribution is -0.384. The summed E-state index contributed by atoms with van der Waals surface area (Å²) < 4.78 is 0. The number of non-ortho nitro benzene ring substituents is 1. The normalized spacial score (nSPS) is 13.7. The molecular weight excluding hydrogens is 168 g/mol. The Balaban J connectivity index is 2.45. The van der Waals surface area contributed by atoms with Gasteiger partial charge < -0.3 is 5.32 Å². The predicted molar refractivity (Wildman–Crippen MR) is 49.6 cm³/mol. The van der Waals surface area contributed by atoms with Gasteiger partial charge in [-0.1, -0.05) is 6.58 Å². The average Bonchev–Trinajstić information content (AvgIpc) is 2.42. The number of allylic oxidation sites excluding steroid dienone is 1. The molecule has 1 aromatic rings. The summed E-state index contributed by atoms with van der Waals surface area (Å²) >= 11 is 0. The van der Waals surface area contributed by atoms with Gasteiger partial charge >= 0.3 is 0 Å².